The van der Waals surface area contributed by atoms with E-state index in [2.05, 4.69) is 40.7 Å². The number of nitrogens with zero attached hydrogens (tertiary/aromatic N) is 3. The van der Waals surface area contributed by atoms with E-state index in [1.807, 2.05) is 12.5 Å². The fourth-order valence-corrected chi connectivity index (χ4v) is 2.78. The highest BCUT2D eigenvalue weighted by atomic mass is 15.1. The highest BCUT2D eigenvalue weighted by Gasteiger charge is 2.16. The van der Waals surface area contributed by atoms with Gasteiger partial charge in [0.15, 0.2) is 0 Å². The zero-order chi connectivity index (χ0) is 13.0. The van der Waals surface area contributed by atoms with Gasteiger partial charge in [-0.05, 0) is 52.7 Å². The number of rotatable bonds is 5. The lowest BCUT2D eigenvalue weighted by Gasteiger charge is -2.28. The molecule has 1 N–H and O–H groups in total. The second-order valence-corrected chi connectivity index (χ2v) is 5.80. The Balaban J connectivity index is 1.86. The van der Waals surface area contributed by atoms with Crippen molar-refractivity contribution in [2.24, 2.45) is 5.92 Å². The van der Waals surface area contributed by atoms with Crippen LogP contribution in [0.4, 0.5) is 0 Å². The van der Waals surface area contributed by atoms with Gasteiger partial charge in [-0.3, -0.25) is 0 Å². The monoisotopic (exact) mass is 250 g/mol. The van der Waals surface area contributed by atoms with Crippen molar-refractivity contribution in [2.45, 2.75) is 39.3 Å². The summed E-state index contributed by atoms with van der Waals surface area (Å²) in [6.07, 6.45) is 6.62. The molecule has 0 aliphatic carbocycles. The average Bonchev–Trinajstić information content (AvgIpc) is 2.78. The Labute approximate surface area is 110 Å². The summed E-state index contributed by atoms with van der Waals surface area (Å²) in [7, 11) is 2.21. The smallest absolute Gasteiger partial charge is 0.0951 e. The summed E-state index contributed by atoms with van der Waals surface area (Å²) < 4.78 is 2.26. The van der Waals surface area contributed by atoms with Gasteiger partial charge in [0.2, 0.25) is 0 Å². The molecule has 1 aliphatic heterocycles. The first-order chi connectivity index (χ1) is 8.66. The van der Waals surface area contributed by atoms with Crippen LogP contribution < -0.4 is 5.32 Å². The molecule has 0 saturated carbocycles. The molecular formula is C14H26N4. The number of imidazole rings is 1. The number of nitrogens with one attached hydrogen (secondary N) is 1. The van der Waals surface area contributed by atoms with Crippen LogP contribution in [0.5, 0.6) is 0 Å². The molecule has 102 valence electrons. The third-order valence-electron chi connectivity index (χ3n) is 3.70. The Kier molecular flexibility index (Phi) is 4.78. The first-order valence-corrected chi connectivity index (χ1v) is 7.06. The van der Waals surface area contributed by atoms with Gasteiger partial charge in [0, 0.05) is 25.3 Å². The predicted octanol–water partition coefficient (Wildman–Crippen LogP) is 1.90. The van der Waals surface area contributed by atoms with Gasteiger partial charge in [-0.2, -0.15) is 0 Å². The van der Waals surface area contributed by atoms with E-state index in [1.54, 1.807) is 0 Å². The van der Waals surface area contributed by atoms with Crippen molar-refractivity contribution in [3.63, 3.8) is 0 Å². The van der Waals surface area contributed by atoms with Crippen LogP contribution in [0.2, 0.25) is 0 Å². The van der Waals surface area contributed by atoms with Gasteiger partial charge < -0.3 is 14.8 Å². The standard InChI is InChI=1S/C14H26N4/c1-12(2)18-11-16-8-14(18)10-17(3)9-13-5-4-6-15-7-13/h8,11-13,15H,4-7,9-10H2,1-3H3. The number of hydrogen-bond acceptors (Lipinski definition) is 3. The summed E-state index contributed by atoms with van der Waals surface area (Å²) in [6.45, 7) is 8.95. The summed E-state index contributed by atoms with van der Waals surface area (Å²) in [6, 6.07) is 0.493. The van der Waals surface area contributed by atoms with Crippen molar-refractivity contribution >= 4 is 0 Å². The molecule has 0 radical (unpaired) electrons. The molecule has 1 saturated heterocycles. The van der Waals surface area contributed by atoms with Crippen molar-refractivity contribution in [1.82, 2.24) is 19.8 Å². The molecule has 1 fully saturated rings. The molecule has 18 heavy (non-hydrogen) atoms. The minimum atomic E-state index is 0.493. The second-order valence-electron chi connectivity index (χ2n) is 5.80. The average molecular weight is 250 g/mol. The van der Waals surface area contributed by atoms with Gasteiger partial charge in [0.1, 0.15) is 0 Å². The van der Waals surface area contributed by atoms with E-state index in [4.69, 9.17) is 0 Å². The fraction of sp³-hybridized carbons (Fsp3) is 0.786. The van der Waals surface area contributed by atoms with Crippen molar-refractivity contribution in [3.8, 4) is 0 Å². The van der Waals surface area contributed by atoms with Crippen LogP contribution in [0.25, 0.3) is 0 Å². The van der Waals surface area contributed by atoms with Crippen LogP contribution in [0.15, 0.2) is 12.5 Å². The number of piperidine rings is 1. The Morgan fingerprint density at radius 3 is 3.06 bits per heavy atom. The van der Waals surface area contributed by atoms with Crippen LogP contribution in [0.3, 0.4) is 0 Å². The first-order valence-electron chi connectivity index (χ1n) is 7.06. The van der Waals surface area contributed by atoms with Gasteiger partial charge >= 0.3 is 0 Å². The van der Waals surface area contributed by atoms with E-state index in [1.165, 1.54) is 38.2 Å². The van der Waals surface area contributed by atoms with Crippen molar-refractivity contribution in [2.75, 3.05) is 26.7 Å². The molecule has 4 nitrogen and oxygen atoms in total. The Morgan fingerprint density at radius 1 is 1.56 bits per heavy atom. The normalized spacial score (nSPS) is 20.8. The van der Waals surface area contributed by atoms with Crippen molar-refractivity contribution in [1.29, 1.82) is 0 Å². The van der Waals surface area contributed by atoms with Gasteiger partial charge in [-0.25, -0.2) is 4.98 Å². The van der Waals surface area contributed by atoms with Crippen LogP contribution in [-0.2, 0) is 6.54 Å². The predicted molar refractivity (Wildman–Crippen MR) is 74.5 cm³/mol. The molecule has 2 rings (SSSR count). The lowest BCUT2D eigenvalue weighted by atomic mass is 9.99. The molecule has 2 heterocycles. The molecule has 0 aromatic carbocycles. The van der Waals surface area contributed by atoms with E-state index < -0.39 is 0 Å². The van der Waals surface area contributed by atoms with Crippen molar-refractivity contribution in [3.05, 3.63) is 18.2 Å². The minimum absolute atomic E-state index is 0.493. The topological polar surface area (TPSA) is 33.1 Å². The highest BCUT2D eigenvalue weighted by Crippen LogP contribution is 2.14. The summed E-state index contributed by atoms with van der Waals surface area (Å²) in [5.74, 6) is 0.805. The molecule has 0 amide bonds. The third-order valence-corrected chi connectivity index (χ3v) is 3.70. The van der Waals surface area contributed by atoms with Crippen LogP contribution >= 0.6 is 0 Å². The summed E-state index contributed by atoms with van der Waals surface area (Å²) >= 11 is 0. The Morgan fingerprint density at radius 2 is 2.39 bits per heavy atom. The first kappa shape index (κ1) is 13.6. The van der Waals surface area contributed by atoms with Crippen LogP contribution in [0.1, 0.15) is 38.4 Å². The quantitative estimate of drug-likeness (QED) is 0.866. The van der Waals surface area contributed by atoms with Gasteiger partial charge in [0.25, 0.3) is 0 Å². The van der Waals surface area contributed by atoms with Gasteiger partial charge in [0.05, 0.1) is 12.0 Å². The third kappa shape index (κ3) is 3.56. The van der Waals surface area contributed by atoms with E-state index in [9.17, 15) is 0 Å². The zero-order valence-corrected chi connectivity index (χ0v) is 11.9. The summed E-state index contributed by atoms with van der Waals surface area (Å²) in [4.78, 5) is 6.69. The lowest BCUT2D eigenvalue weighted by molar-refractivity contribution is 0.232. The Hall–Kier alpha value is -0.870. The maximum absolute atomic E-state index is 4.27. The number of hydrogen-bond donors (Lipinski definition) is 1. The van der Waals surface area contributed by atoms with E-state index >= 15 is 0 Å². The Bertz CT molecular complexity index is 352. The molecule has 4 heteroatoms. The fourth-order valence-electron chi connectivity index (χ4n) is 2.78. The van der Waals surface area contributed by atoms with E-state index in [-0.39, 0.29) is 0 Å². The van der Waals surface area contributed by atoms with Crippen LogP contribution in [0, 0.1) is 5.92 Å². The van der Waals surface area contributed by atoms with E-state index in [0.29, 0.717) is 6.04 Å². The molecule has 1 aromatic rings. The SMILES string of the molecule is CC(C)n1cncc1CN(C)CC1CCCNC1. The van der Waals surface area contributed by atoms with E-state index in [0.717, 1.165) is 12.5 Å². The molecule has 1 unspecified atom stereocenters. The molecule has 0 spiro atoms. The summed E-state index contributed by atoms with van der Waals surface area (Å²) in [5.41, 5.74) is 1.32. The number of aromatic nitrogens is 2. The lowest BCUT2D eigenvalue weighted by Crippen LogP contribution is -2.36. The van der Waals surface area contributed by atoms with Gasteiger partial charge in [-0.15, -0.1) is 0 Å². The maximum atomic E-state index is 4.27. The molecule has 1 atom stereocenters. The minimum Gasteiger partial charge on any atom is -0.331 e. The molecule has 1 aliphatic rings. The molecule has 0 bridgehead atoms. The maximum Gasteiger partial charge on any atom is 0.0951 e. The second kappa shape index (κ2) is 6.34. The van der Waals surface area contributed by atoms with Gasteiger partial charge in [-0.1, -0.05) is 0 Å². The zero-order valence-electron chi connectivity index (χ0n) is 11.9. The van der Waals surface area contributed by atoms with Crippen molar-refractivity contribution < 1.29 is 0 Å². The largest absolute Gasteiger partial charge is 0.331 e. The van der Waals surface area contributed by atoms with Crippen LogP contribution in [-0.4, -0.2) is 41.1 Å². The molecule has 1 aromatic heterocycles. The molecular weight excluding hydrogens is 224 g/mol. The summed E-state index contributed by atoms with van der Waals surface area (Å²) in [5, 5.41) is 3.48. The highest BCUT2D eigenvalue weighted by molar-refractivity contribution is 4.99.